The normalized spacial score (nSPS) is 25.5. The van der Waals surface area contributed by atoms with Gasteiger partial charge in [-0.2, -0.15) is 11.8 Å². The Morgan fingerprint density at radius 2 is 2.07 bits per heavy atom. The second-order valence-electron chi connectivity index (χ2n) is 4.60. The van der Waals surface area contributed by atoms with Crippen molar-refractivity contribution in [1.82, 2.24) is 4.90 Å². The van der Waals surface area contributed by atoms with Gasteiger partial charge in [0, 0.05) is 25.4 Å². The third-order valence-electron chi connectivity index (χ3n) is 3.66. The predicted octanol–water partition coefficient (Wildman–Crippen LogP) is 1.08. The molecule has 1 aliphatic heterocycles. The standard InChI is InChI=1S/C11H20N2OS/c12-9-11(3-1-4-11)10(14)13-5-2-7-15-8-6-13/h1-9,12H2. The van der Waals surface area contributed by atoms with Gasteiger partial charge in [-0.1, -0.05) is 6.42 Å². The molecule has 1 saturated heterocycles. The third-order valence-corrected chi connectivity index (χ3v) is 4.71. The summed E-state index contributed by atoms with van der Waals surface area (Å²) in [5.74, 6) is 2.62. The van der Waals surface area contributed by atoms with E-state index < -0.39 is 0 Å². The highest BCUT2D eigenvalue weighted by atomic mass is 32.2. The van der Waals surface area contributed by atoms with Gasteiger partial charge in [0.1, 0.15) is 0 Å². The number of rotatable bonds is 2. The van der Waals surface area contributed by atoms with Crippen LogP contribution in [-0.2, 0) is 4.79 Å². The molecule has 0 bridgehead atoms. The fourth-order valence-corrected chi connectivity index (χ4v) is 3.28. The second kappa shape index (κ2) is 4.74. The highest BCUT2D eigenvalue weighted by Crippen LogP contribution is 2.41. The van der Waals surface area contributed by atoms with Crippen LogP contribution in [0.5, 0.6) is 0 Å². The monoisotopic (exact) mass is 228 g/mol. The summed E-state index contributed by atoms with van der Waals surface area (Å²) < 4.78 is 0. The predicted molar refractivity (Wildman–Crippen MR) is 63.9 cm³/mol. The van der Waals surface area contributed by atoms with Crippen molar-refractivity contribution in [2.75, 3.05) is 31.1 Å². The van der Waals surface area contributed by atoms with Crippen molar-refractivity contribution in [2.24, 2.45) is 11.1 Å². The van der Waals surface area contributed by atoms with Gasteiger partial charge in [-0.25, -0.2) is 0 Å². The van der Waals surface area contributed by atoms with E-state index in [4.69, 9.17) is 5.73 Å². The topological polar surface area (TPSA) is 46.3 Å². The van der Waals surface area contributed by atoms with Gasteiger partial charge in [0.15, 0.2) is 0 Å². The zero-order valence-electron chi connectivity index (χ0n) is 9.21. The smallest absolute Gasteiger partial charge is 0.230 e. The molecule has 2 aliphatic rings. The highest BCUT2D eigenvalue weighted by molar-refractivity contribution is 7.99. The first-order valence-electron chi connectivity index (χ1n) is 5.86. The molecule has 0 aromatic rings. The van der Waals surface area contributed by atoms with Gasteiger partial charge >= 0.3 is 0 Å². The maximum Gasteiger partial charge on any atom is 0.230 e. The molecule has 2 N–H and O–H groups in total. The van der Waals surface area contributed by atoms with Gasteiger partial charge in [-0.05, 0) is 25.0 Å². The number of nitrogens with two attached hydrogens (primary N) is 1. The van der Waals surface area contributed by atoms with E-state index in [1.165, 1.54) is 12.2 Å². The van der Waals surface area contributed by atoms with Crippen molar-refractivity contribution < 1.29 is 4.79 Å². The molecule has 4 heteroatoms. The molecule has 86 valence electrons. The van der Waals surface area contributed by atoms with Crippen LogP contribution in [0.1, 0.15) is 25.7 Å². The number of hydrogen-bond donors (Lipinski definition) is 1. The Balaban J connectivity index is 1.98. The summed E-state index contributed by atoms with van der Waals surface area (Å²) in [6.07, 6.45) is 4.32. The Labute approximate surface area is 95.8 Å². The van der Waals surface area contributed by atoms with E-state index in [0.717, 1.165) is 38.1 Å². The van der Waals surface area contributed by atoms with Crippen LogP contribution in [0.15, 0.2) is 0 Å². The number of carbonyl (C=O) groups excluding carboxylic acids is 1. The molecule has 0 aromatic heterocycles. The summed E-state index contributed by atoms with van der Waals surface area (Å²) in [5.41, 5.74) is 5.59. The zero-order chi connectivity index (χ0) is 10.7. The van der Waals surface area contributed by atoms with E-state index in [2.05, 4.69) is 0 Å². The van der Waals surface area contributed by atoms with Crippen molar-refractivity contribution in [2.45, 2.75) is 25.7 Å². The van der Waals surface area contributed by atoms with Crippen molar-refractivity contribution in [3.8, 4) is 0 Å². The van der Waals surface area contributed by atoms with Crippen LogP contribution in [0.25, 0.3) is 0 Å². The van der Waals surface area contributed by atoms with Crippen LogP contribution in [0.4, 0.5) is 0 Å². The van der Waals surface area contributed by atoms with Crippen molar-refractivity contribution in [1.29, 1.82) is 0 Å². The molecular formula is C11H20N2OS. The Hall–Kier alpha value is -0.220. The lowest BCUT2D eigenvalue weighted by atomic mass is 9.68. The molecule has 0 atom stereocenters. The number of amides is 1. The van der Waals surface area contributed by atoms with E-state index in [1.54, 1.807) is 0 Å². The molecule has 2 fully saturated rings. The first-order valence-corrected chi connectivity index (χ1v) is 7.01. The Morgan fingerprint density at radius 3 is 2.67 bits per heavy atom. The molecule has 1 saturated carbocycles. The van der Waals surface area contributed by atoms with Gasteiger partial charge in [-0.15, -0.1) is 0 Å². The van der Waals surface area contributed by atoms with E-state index >= 15 is 0 Å². The van der Waals surface area contributed by atoms with E-state index in [-0.39, 0.29) is 5.41 Å². The lowest BCUT2D eigenvalue weighted by molar-refractivity contribution is -0.146. The molecule has 15 heavy (non-hydrogen) atoms. The summed E-state index contributed by atoms with van der Waals surface area (Å²) in [7, 11) is 0. The van der Waals surface area contributed by atoms with Crippen LogP contribution in [-0.4, -0.2) is 41.9 Å². The molecular weight excluding hydrogens is 208 g/mol. The average Bonchev–Trinajstić information content (AvgIpc) is 2.44. The van der Waals surface area contributed by atoms with Gasteiger partial charge in [-0.3, -0.25) is 4.79 Å². The van der Waals surface area contributed by atoms with Crippen LogP contribution in [0, 0.1) is 5.41 Å². The van der Waals surface area contributed by atoms with E-state index in [0.29, 0.717) is 12.5 Å². The maximum absolute atomic E-state index is 12.3. The zero-order valence-corrected chi connectivity index (χ0v) is 10.0. The fraction of sp³-hybridized carbons (Fsp3) is 0.909. The van der Waals surface area contributed by atoms with Crippen molar-refractivity contribution in [3.05, 3.63) is 0 Å². The molecule has 0 aromatic carbocycles. The molecule has 0 radical (unpaired) electrons. The van der Waals surface area contributed by atoms with Gasteiger partial charge in [0.2, 0.25) is 5.91 Å². The molecule has 1 heterocycles. The van der Waals surface area contributed by atoms with Crippen LogP contribution < -0.4 is 5.73 Å². The summed E-state index contributed by atoms with van der Waals surface area (Å²) in [6.45, 7) is 2.40. The summed E-state index contributed by atoms with van der Waals surface area (Å²) >= 11 is 1.96. The number of thioether (sulfide) groups is 1. The minimum Gasteiger partial charge on any atom is -0.341 e. The lowest BCUT2D eigenvalue weighted by Crippen LogP contribution is -2.52. The van der Waals surface area contributed by atoms with Crippen molar-refractivity contribution in [3.63, 3.8) is 0 Å². The fourth-order valence-electron chi connectivity index (χ4n) is 2.39. The number of carbonyl (C=O) groups is 1. The van der Waals surface area contributed by atoms with Gasteiger partial charge < -0.3 is 10.6 Å². The summed E-state index contributed by atoms with van der Waals surface area (Å²) in [5, 5.41) is 0. The number of hydrogen-bond acceptors (Lipinski definition) is 3. The molecule has 0 spiro atoms. The SMILES string of the molecule is NCC1(C(=O)N2CCCSCC2)CCC1. The second-order valence-corrected chi connectivity index (χ2v) is 5.82. The molecule has 1 aliphatic carbocycles. The minimum atomic E-state index is -0.172. The van der Waals surface area contributed by atoms with Crippen LogP contribution in [0.2, 0.25) is 0 Å². The van der Waals surface area contributed by atoms with Crippen LogP contribution in [0.3, 0.4) is 0 Å². The van der Waals surface area contributed by atoms with Crippen molar-refractivity contribution >= 4 is 17.7 Å². The Kier molecular flexibility index (Phi) is 3.57. The minimum absolute atomic E-state index is 0.172. The molecule has 1 amide bonds. The van der Waals surface area contributed by atoms with Gasteiger partial charge in [0.05, 0.1) is 5.41 Å². The molecule has 0 unspecified atom stereocenters. The third kappa shape index (κ3) is 2.16. The first kappa shape index (κ1) is 11.3. The Morgan fingerprint density at radius 1 is 1.27 bits per heavy atom. The lowest BCUT2D eigenvalue weighted by Gasteiger charge is -2.42. The molecule has 3 nitrogen and oxygen atoms in total. The highest BCUT2D eigenvalue weighted by Gasteiger charge is 2.44. The summed E-state index contributed by atoms with van der Waals surface area (Å²) in [4.78, 5) is 14.4. The number of nitrogens with zero attached hydrogens (tertiary/aromatic N) is 1. The van der Waals surface area contributed by atoms with E-state index in [9.17, 15) is 4.79 Å². The van der Waals surface area contributed by atoms with Crippen LogP contribution >= 0.6 is 11.8 Å². The summed E-state index contributed by atoms with van der Waals surface area (Å²) in [6, 6.07) is 0. The van der Waals surface area contributed by atoms with Gasteiger partial charge in [0.25, 0.3) is 0 Å². The molecule has 2 rings (SSSR count). The maximum atomic E-state index is 12.3. The average molecular weight is 228 g/mol. The first-order chi connectivity index (χ1) is 7.28. The Bertz CT molecular complexity index is 227. The largest absolute Gasteiger partial charge is 0.341 e. The van der Waals surface area contributed by atoms with E-state index in [1.807, 2.05) is 16.7 Å². The quantitative estimate of drug-likeness (QED) is 0.769.